The molecule has 2 N–H and O–H groups in total. The van der Waals surface area contributed by atoms with Gasteiger partial charge in [-0.25, -0.2) is 5.43 Å². The summed E-state index contributed by atoms with van der Waals surface area (Å²) in [7, 11) is 0. The quantitative estimate of drug-likeness (QED) is 0.861. The number of hydrazine groups is 2. The van der Waals surface area contributed by atoms with Crippen molar-refractivity contribution in [3.63, 3.8) is 0 Å². The summed E-state index contributed by atoms with van der Waals surface area (Å²) in [5.41, 5.74) is 4.84. The zero-order valence-electron chi connectivity index (χ0n) is 8.81. The normalized spacial score (nSPS) is 17.4. The van der Waals surface area contributed by atoms with Crippen LogP contribution in [0.25, 0.3) is 0 Å². The fourth-order valence-electron chi connectivity index (χ4n) is 1.62. The number of benzene rings is 1. The Balaban J connectivity index is 2.25. The molecule has 1 heterocycles. The van der Waals surface area contributed by atoms with Gasteiger partial charge >= 0.3 is 6.18 Å². The summed E-state index contributed by atoms with van der Waals surface area (Å²) in [6.07, 6.45) is -3.53. The Morgan fingerprint density at radius 3 is 2.71 bits per heavy atom. The van der Waals surface area contributed by atoms with Gasteiger partial charge in [-0.1, -0.05) is 11.6 Å². The van der Waals surface area contributed by atoms with Crippen molar-refractivity contribution >= 4 is 17.3 Å². The Morgan fingerprint density at radius 1 is 1.35 bits per heavy atom. The highest BCUT2D eigenvalue weighted by Crippen LogP contribution is 2.36. The van der Waals surface area contributed by atoms with Crippen molar-refractivity contribution < 1.29 is 13.2 Å². The lowest BCUT2D eigenvalue weighted by molar-refractivity contribution is -0.137. The average molecular weight is 266 g/mol. The second kappa shape index (κ2) is 4.72. The minimum absolute atomic E-state index is 0.00343. The standard InChI is InChI=1S/C10H11ClF3N3/c11-7-2-3-9(8(6-7)10(12,13)14)16-17-5-1-4-15-17/h2-3,6,15-16H,1,4-5H2. The molecule has 0 bridgehead atoms. The molecule has 1 aliphatic heterocycles. The van der Waals surface area contributed by atoms with Crippen LogP contribution in [0.15, 0.2) is 18.2 Å². The summed E-state index contributed by atoms with van der Waals surface area (Å²) in [6, 6.07) is 3.67. The van der Waals surface area contributed by atoms with Crippen LogP contribution in [-0.2, 0) is 6.18 Å². The SMILES string of the molecule is FC(F)(F)c1cc(Cl)ccc1NN1CCCN1. The van der Waals surface area contributed by atoms with Crippen molar-refractivity contribution in [2.45, 2.75) is 12.6 Å². The molecular weight excluding hydrogens is 255 g/mol. The van der Waals surface area contributed by atoms with Crippen LogP contribution in [0.5, 0.6) is 0 Å². The summed E-state index contributed by atoms with van der Waals surface area (Å²) in [6.45, 7) is 1.40. The van der Waals surface area contributed by atoms with E-state index >= 15 is 0 Å². The number of nitrogens with one attached hydrogen (secondary N) is 2. The van der Waals surface area contributed by atoms with Gasteiger partial charge in [0.2, 0.25) is 0 Å². The smallest absolute Gasteiger partial charge is 0.305 e. The first-order chi connectivity index (χ1) is 7.97. The van der Waals surface area contributed by atoms with E-state index in [4.69, 9.17) is 11.6 Å². The third-order valence-electron chi connectivity index (χ3n) is 2.40. The molecule has 0 saturated carbocycles. The molecule has 1 saturated heterocycles. The van der Waals surface area contributed by atoms with Crippen molar-refractivity contribution in [1.82, 2.24) is 10.5 Å². The molecule has 17 heavy (non-hydrogen) atoms. The molecule has 1 aromatic rings. The van der Waals surface area contributed by atoms with Gasteiger partial charge in [-0.05, 0) is 24.6 Å². The van der Waals surface area contributed by atoms with Crippen LogP contribution >= 0.6 is 11.6 Å². The third kappa shape index (κ3) is 3.02. The molecule has 7 heteroatoms. The van der Waals surface area contributed by atoms with Gasteiger partial charge in [0.1, 0.15) is 0 Å². The maximum absolute atomic E-state index is 12.8. The molecule has 3 nitrogen and oxygen atoms in total. The molecule has 0 aromatic heterocycles. The second-order valence-electron chi connectivity index (χ2n) is 3.71. The lowest BCUT2D eigenvalue weighted by Gasteiger charge is -2.21. The number of nitrogens with zero attached hydrogens (tertiary/aromatic N) is 1. The van der Waals surface area contributed by atoms with Gasteiger partial charge in [-0.15, -0.1) is 0 Å². The number of hydrogen-bond acceptors (Lipinski definition) is 3. The van der Waals surface area contributed by atoms with E-state index in [0.29, 0.717) is 6.54 Å². The molecular formula is C10H11ClF3N3. The molecule has 0 spiro atoms. The number of halogens is 4. The van der Waals surface area contributed by atoms with Crippen LogP contribution in [0.3, 0.4) is 0 Å². The number of rotatable bonds is 2. The van der Waals surface area contributed by atoms with E-state index in [1.807, 2.05) is 0 Å². The first kappa shape index (κ1) is 12.5. The molecule has 1 aliphatic rings. The van der Waals surface area contributed by atoms with Crippen LogP contribution in [0.4, 0.5) is 18.9 Å². The zero-order valence-corrected chi connectivity index (χ0v) is 9.57. The van der Waals surface area contributed by atoms with E-state index in [1.165, 1.54) is 12.1 Å². The predicted octanol–water partition coefficient (Wildman–Crippen LogP) is 2.90. The first-order valence-electron chi connectivity index (χ1n) is 5.11. The van der Waals surface area contributed by atoms with Gasteiger partial charge in [-0.3, -0.25) is 0 Å². The maximum atomic E-state index is 12.8. The van der Waals surface area contributed by atoms with Crippen molar-refractivity contribution in [2.75, 3.05) is 18.5 Å². The molecule has 1 fully saturated rings. The number of anilines is 1. The topological polar surface area (TPSA) is 27.3 Å². The fraction of sp³-hybridized carbons (Fsp3) is 0.400. The lowest BCUT2D eigenvalue weighted by atomic mass is 10.2. The fourth-order valence-corrected chi connectivity index (χ4v) is 1.79. The van der Waals surface area contributed by atoms with E-state index < -0.39 is 11.7 Å². The molecule has 2 rings (SSSR count). The van der Waals surface area contributed by atoms with Gasteiger partial charge in [0.05, 0.1) is 11.3 Å². The van der Waals surface area contributed by atoms with Gasteiger partial charge < -0.3 is 5.43 Å². The van der Waals surface area contributed by atoms with E-state index in [2.05, 4.69) is 10.9 Å². The summed E-state index contributed by atoms with van der Waals surface area (Å²) in [4.78, 5) is 0. The first-order valence-corrected chi connectivity index (χ1v) is 5.49. The Labute approximate surface area is 101 Å². The van der Waals surface area contributed by atoms with Crippen LogP contribution in [-0.4, -0.2) is 18.2 Å². The largest absolute Gasteiger partial charge is 0.418 e. The predicted molar refractivity (Wildman–Crippen MR) is 59.4 cm³/mol. The van der Waals surface area contributed by atoms with Crippen molar-refractivity contribution in [2.24, 2.45) is 0 Å². The van der Waals surface area contributed by atoms with Crippen LogP contribution in [0.2, 0.25) is 5.02 Å². The minimum atomic E-state index is -4.42. The van der Waals surface area contributed by atoms with Crippen molar-refractivity contribution in [3.8, 4) is 0 Å². The highest BCUT2D eigenvalue weighted by atomic mass is 35.5. The van der Waals surface area contributed by atoms with Crippen LogP contribution in [0.1, 0.15) is 12.0 Å². The minimum Gasteiger partial charge on any atom is -0.305 e. The molecule has 0 aliphatic carbocycles. The van der Waals surface area contributed by atoms with Gasteiger partial charge in [0.15, 0.2) is 0 Å². The molecule has 94 valence electrons. The third-order valence-corrected chi connectivity index (χ3v) is 2.64. The zero-order chi connectivity index (χ0) is 12.5. The van der Waals surface area contributed by atoms with Crippen molar-refractivity contribution in [3.05, 3.63) is 28.8 Å². The monoisotopic (exact) mass is 265 g/mol. The Bertz CT molecular complexity index is 402. The Kier molecular flexibility index (Phi) is 3.46. The maximum Gasteiger partial charge on any atom is 0.418 e. The van der Waals surface area contributed by atoms with Gasteiger partial charge in [0.25, 0.3) is 0 Å². The molecule has 1 aromatic carbocycles. The van der Waals surface area contributed by atoms with Crippen molar-refractivity contribution in [1.29, 1.82) is 0 Å². The van der Waals surface area contributed by atoms with E-state index in [9.17, 15) is 13.2 Å². The highest BCUT2D eigenvalue weighted by molar-refractivity contribution is 6.30. The van der Waals surface area contributed by atoms with Gasteiger partial charge in [0, 0.05) is 18.1 Å². The number of hydrogen-bond donors (Lipinski definition) is 2. The summed E-state index contributed by atoms with van der Waals surface area (Å²) in [5, 5.41) is 1.61. The molecule has 0 unspecified atom stereocenters. The lowest BCUT2D eigenvalue weighted by Crippen LogP contribution is -2.36. The summed E-state index contributed by atoms with van der Waals surface area (Å²) in [5.74, 6) is 0. The van der Waals surface area contributed by atoms with Gasteiger partial charge in [-0.2, -0.15) is 18.3 Å². The number of alkyl halides is 3. The van der Waals surface area contributed by atoms with E-state index in [0.717, 1.165) is 19.0 Å². The average Bonchev–Trinajstić information content (AvgIpc) is 2.72. The molecule has 0 amide bonds. The van der Waals surface area contributed by atoms with Crippen LogP contribution in [0, 0.1) is 0 Å². The second-order valence-corrected chi connectivity index (χ2v) is 4.15. The Morgan fingerprint density at radius 2 is 2.12 bits per heavy atom. The molecule has 0 radical (unpaired) electrons. The molecule has 0 atom stereocenters. The van der Waals surface area contributed by atoms with E-state index in [1.54, 1.807) is 5.12 Å². The van der Waals surface area contributed by atoms with E-state index in [-0.39, 0.29) is 10.7 Å². The summed E-state index contributed by atoms with van der Waals surface area (Å²) < 4.78 is 38.3. The summed E-state index contributed by atoms with van der Waals surface area (Å²) >= 11 is 5.58. The highest BCUT2D eigenvalue weighted by Gasteiger charge is 2.34. The Hall–Kier alpha value is -0.980. The van der Waals surface area contributed by atoms with Crippen LogP contribution < -0.4 is 10.9 Å².